The zero-order chi connectivity index (χ0) is 13.4. The Kier molecular flexibility index (Phi) is 2.71. The molecule has 0 amide bonds. The van der Waals surface area contributed by atoms with E-state index in [4.69, 9.17) is 0 Å². The Morgan fingerprint density at radius 3 is 2.84 bits per heavy atom. The van der Waals surface area contributed by atoms with E-state index in [0.717, 1.165) is 28.0 Å². The first-order chi connectivity index (χ1) is 9.15. The van der Waals surface area contributed by atoms with Gasteiger partial charge in [0.05, 0.1) is 11.0 Å². The first-order valence-electron chi connectivity index (χ1n) is 6.23. The minimum atomic E-state index is -0.0336. The summed E-state index contributed by atoms with van der Waals surface area (Å²) in [4.78, 5) is 18.7. The molecule has 0 saturated heterocycles. The van der Waals surface area contributed by atoms with Crippen molar-refractivity contribution in [2.75, 3.05) is 0 Å². The Balaban J connectivity index is 2.03. The molecule has 2 aromatic heterocycles. The lowest BCUT2D eigenvalue weighted by Crippen LogP contribution is -2.10. The smallest absolute Gasteiger partial charge is 0.250 e. The molecule has 0 aliphatic carbocycles. The van der Waals surface area contributed by atoms with Crippen molar-refractivity contribution in [1.29, 1.82) is 0 Å². The highest BCUT2D eigenvalue weighted by molar-refractivity contribution is 5.75. The summed E-state index contributed by atoms with van der Waals surface area (Å²) in [6.45, 7) is 1.82. The number of benzene rings is 1. The van der Waals surface area contributed by atoms with E-state index in [2.05, 4.69) is 20.6 Å². The number of H-pyrrole nitrogens is 1. The van der Waals surface area contributed by atoms with Crippen molar-refractivity contribution in [3.63, 3.8) is 0 Å². The number of imidazole rings is 1. The monoisotopic (exact) mass is 253 g/mol. The highest BCUT2D eigenvalue weighted by atomic mass is 16.1. The fourth-order valence-electron chi connectivity index (χ4n) is 2.30. The number of hydrogen-bond donors (Lipinski definition) is 1. The molecule has 96 valence electrons. The van der Waals surface area contributed by atoms with E-state index in [1.165, 1.54) is 0 Å². The van der Waals surface area contributed by atoms with E-state index < -0.39 is 0 Å². The molecule has 4 heteroatoms. The van der Waals surface area contributed by atoms with Crippen LogP contribution >= 0.6 is 0 Å². The number of hydrogen-bond acceptors (Lipinski definition) is 2. The zero-order valence-corrected chi connectivity index (χ0v) is 11.0. The summed E-state index contributed by atoms with van der Waals surface area (Å²) in [6.07, 6.45) is 2.47. The van der Waals surface area contributed by atoms with Crippen LogP contribution in [0.4, 0.5) is 0 Å². The molecule has 1 aromatic carbocycles. The number of nitrogens with one attached hydrogen (secondary N) is 1. The quantitative estimate of drug-likeness (QED) is 0.761. The van der Waals surface area contributed by atoms with Crippen LogP contribution in [0.3, 0.4) is 0 Å². The third kappa shape index (κ3) is 2.05. The number of fused-ring (bicyclic) bond motifs is 1. The number of nitrogens with zero attached hydrogens (tertiary/aromatic N) is 2. The van der Waals surface area contributed by atoms with Gasteiger partial charge in [-0.1, -0.05) is 12.1 Å². The highest BCUT2D eigenvalue weighted by Crippen LogP contribution is 2.16. The molecule has 3 rings (SSSR count). The Morgan fingerprint density at radius 1 is 1.32 bits per heavy atom. The fraction of sp³-hybridized carbons (Fsp3) is 0.200. The summed E-state index contributed by atoms with van der Waals surface area (Å²) in [5, 5.41) is 0. The number of aromatic nitrogens is 3. The summed E-state index contributed by atoms with van der Waals surface area (Å²) >= 11 is 0. The molecule has 0 radical (unpaired) electrons. The van der Waals surface area contributed by atoms with Crippen LogP contribution in [-0.4, -0.2) is 14.5 Å². The van der Waals surface area contributed by atoms with Crippen molar-refractivity contribution < 1.29 is 0 Å². The van der Waals surface area contributed by atoms with Crippen LogP contribution in [0.1, 0.15) is 17.0 Å². The molecular weight excluding hydrogens is 238 g/mol. The van der Waals surface area contributed by atoms with Gasteiger partial charge in [-0.2, -0.15) is 0 Å². The maximum Gasteiger partial charge on any atom is 0.250 e. The van der Waals surface area contributed by atoms with Crippen molar-refractivity contribution in [3.05, 3.63) is 63.8 Å². The minimum absolute atomic E-state index is 0.0336. The average molecular weight is 253 g/mol. The molecule has 1 N–H and O–H groups in total. The maximum atomic E-state index is 11.4. The van der Waals surface area contributed by atoms with Gasteiger partial charge in [0.25, 0.3) is 5.56 Å². The van der Waals surface area contributed by atoms with Crippen LogP contribution in [0.5, 0.6) is 0 Å². The predicted molar refractivity (Wildman–Crippen MR) is 75.3 cm³/mol. The molecule has 0 fully saturated rings. The molecule has 0 bridgehead atoms. The zero-order valence-electron chi connectivity index (χ0n) is 11.0. The summed E-state index contributed by atoms with van der Waals surface area (Å²) in [6, 6.07) is 9.99. The normalized spacial score (nSPS) is 11.1. The maximum absolute atomic E-state index is 11.4. The van der Waals surface area contributed by atoms with E-state index in [1.54, 1.807) is 6.20 Å². The molecule has 0 saturated carbocycles. The third-order valence-corrected chi connectivity index (χ3v) is 3.39. The van der Waals surface area contributed by atoms with Gasteiger partial charge in [0, 0.05) is 25.2 Å². The second-order valence-corrected chi connectivity index (χ2v) is 4.77. The van der Waals surface area contributed by atoms with Crippen molar-refractivity contribution in [3.8, 4) is 0 Å². The van der Waals surface area contributed by atoms with Gasteiger partial charge in [0.2, 0.25) is 0 Å². The van der Waals surface area contributed by atoms with Crippen LogP contribution in [-0.2, 0) is 13.5 Å². The molecule has 3 aromatic rings. The molecule has 0 spiro atoms. The second kappa shape index (κ2) is 4.39. The van der Waals surface area contributed by atoms with Gasteiger partial charge in [-0.3, -0.25) is 4.79 Å². The first-order valence-corrected chi connectivity index (χ1v) is 6.23. The van der Waals surface area contributed by atoms with Gasteiger partial charge in [0.1, 0.15) is 5.82 Å². The van der Waals surface area contributed by atoms with Crippen LogP contribution in [0.15, 0.2) is 41.3 Å². The SMILES string of the molecule is Cc1cc(Cc2nc3ccccc3n2C)c[nH]c1=O. The standard InChI is InChI=1S/C15H15N3O/c1-10-7-11(9-16-15(10)19)8-14-17-12-5-3-4-6-13(12)18(14)2/h3-7,9H,8H2,1-2H3,(H,16,19). The largest absolute Gasteiger partial charge is 0.331 e. The van der Waals surface area contributed by atoms with Gasteiger partial charge in [-0.05, 0) is 30.7 Å². The molecule has 19 heavy (non-hydrogen) atoms. The Morgan fingerprint density at radius 2 is 2.11 bits per heavy atom. The molecule has 0 atom stereocenters. The Labute approximate surface area is 110 Å². The van der Waals surface area contributed by atoms with Crippen molar-refractivity contribution in [1.82, 2.24) is 14.5 Å². The number of pyridine rings is 1. The highest BCUT2D eigenvalue weighted by Gasteiger charge is 2.08. The van der Waals surface area contributed by atoms with E-state index in [-0.39, 0.29) is 5.56 Å². The van der Waals surface area contributed by atoms with Gasteiger partial charge >= 0.3 is 0 Å². The van der Waals surface area contributed by atoms with Crippen molar-refractivity contribution in [2.24, 2.45) is 7.05 Å². The predicted octanol–water partition coefficient (Wildman–Crippen LogP) is 2.16. The number of para-hydroxylation sites is 2. The molecule has 2 heterocycles. The van der Waals surface area contributed by atoms with E-state index >= 15 is 0 Å². The van der Waals surface area contributed by atoms with E-state index in [1.807, 2.05) is 38.2 Å². The topological polar surface area (TPSA) is 50.7 Å². The van der Waals surface area contributed by atoms with Gasteiger partial charge < -0.3 is 9.55 Å². The average Bonchev–Trinajstić information content (AvgIpc) is 2.72. The van der Waals surface area contributed by atoms with Gasteiger partial charge in [-0.15, -0.1) is 0 Å². The molecular formula is C15H15N3O. The number of rotatable bonds is 2. The van der Waals surface area contributed by atoms with Crippen LogP contribution < -0.4 is 5.56 Å². The summed E-state index contributed by atoms with van der Waals surface area (Å²) in [5.74, 6) is 0.993. The van der Waals surface area contributed by atoms with Crippen molar-refractivity contribution >= 4 is 11.0 Å². The lowest BCUT2D eigenvalue weighted by molar-refractivity contribution is 0.841. The molecule has 0 unspecified atom stereocenters. The molecule has 0 aliphatic rings. The molecule has 4 nitrogen and oxygen atoms in total. The van der Waals surface area contributed by atoms with Gasteiger partial charge in [0.15, 0.2) is 0 Å². The number of aromatic amines is 1. The summed E-state index contributed by atoms with van der Waals surface area (Å²) in [7, 11) is 2.02. The Hall–Kier alpha value is -2.36. The summed E-state index contributed by atoms with van der Waals surface area (Å²) in [5.41, 5.74) is 3.89. The second-order valence-electron chi connectivity index (χ2n) is 4.77. The Bertz CT molecular complexity index is 799. The lowest BCUT2D eigenvalue weighted by Gasteiger charge is -2.03. The van der Waals surface area contributed by atoms with Crippen LogP contribution in [0.2, 0.25) is 0 Å². The summed E-state index contributed by atoms with van der Waals surface area (Å²) < 4.78 is 2.09. The molecule has 0 aliphatic heterocycles. The van der Waals surface area contributed by atoms with Crippen LogP contribution in [0, 0.1) is 6.92 Å². The van der Waals surface area contributed by atoms with E-state index in [9.17, 15) is 4.79 Å². The number of aryl methyl sites for hydroxylation is 2. The van der Waals surface area contributed by atoms with Crippen LogP contribution in [0.25, 0.3) is 11.0 Å². The fourth-order valence-corrected chi connectivity index (χ4v) is 2.30. The minimum Gasteiger partial charge on any atom is -0.331 e. The first kappa shape index (κ1) is 11.7. The third-order valence-electron chi connectivity index (χ3n) is 3.39. The lowest BCUT2D eigenvalue weighted by atomic mass is 10.1. The van der Waals surface area contributed by atoms with Gasteiger partial charge in [-0.25, -0.2) is 4.98 Å². The van der Waals surface area contributed by atoms with E-state index in [0.29, 0.717) is 6.42 Å². The van der Waals surface area contributed by atoms with Crippen molar-refractivity contribution in [2.45, 2.75) is 13.3 Å².